The Morgan fingerprint density at radius 2 is 2.41 bits per heavy atom. The molecule has 0 aliphatic heterocycles. The zero-order chi connectivity index (χ0) is 12.1. The smallest absolute Gasteiger partial charge is 0.0900 e. The molecule has 1 fully saturated rings. The summed E-state index contributed by atoms with van der Waals surface area (Å²) in [6, 6.07) is 2.83. The fraction of sp³-hybridized carbons (Fsp3) is 0.692. The van der Waals surface area contributed by atoms with E-state index < -0.39 is 0 Å². The van der Waals surface area contributed by atoms with Crippen LogP contribution in [0.1, 0.15) is 25.3 Å². The monoisotopic (exact) mass is 255 g/mol. The summed E-state index contributed by atoms with van der Waals surface area (Å²) in [6.07, 6.45) is 2.17. The Bertz CT molecular complexity index is 311. The minimum atomic E-state index is -0.366. The number of thiophene rings is 1. The summed E-state index contributed by atoms with van der Waals surface area (Å²) < 4.78 is 5.26. The largest absolute Gasteiger partial charge is 0.389 e. The molecule has 1 aliphatic carbocycles. The SMILES string of the molecule is CCOCC(O)CN(Cc1ccsc1)C1CC1. The first-order valence-electron chi connectivity index (χ1n) is 6.30. The van der Waals surface area contributed by atoms with E-state index in [1.54, 1.807) is 11.3 Å². The topological polar surface area (TPSA) is 32.7 Å². The Labute approximate surface area is 107 Å². The van der Waals surface area contributed by atoms with E-state index in [1.807, 2.05) is 6.92 Å². The van der Waals surface area contributed by atoms with Gasteiger partial charge in [0.2, 0.25) is 0 Å². The third-order valence-corrected chi connectivity index (χ3v) is 3.72. The highest BCUT2D eigenvalue weighted by molar-refractivity contribution is 7.07. The van der Waals surface area contributed by atoms with Gasteiger partial charge in [0.1, 0.15) is 0 Å². The van der Waals surface area contributed by atoms with Gasteiger partial charge in [0.15, 0.2) is 0 Å². The van der Waals surface area contributed by atoms with Gasteiger partial charge in [0, 0.05) is 25.7 Å². The van der Waals surface area contributed by atoms with Crippen molar-refractivity contribution >= 4 is 11.3 Å². The van der Waals surface area contributed by atoms with Gasteiger partial charge >= 0.3 is 0 Å². The van der Waals surface area contributed by atoms with Crippen molar-refractivity contribution in [3.05, 3.63) is 22.4 Å². The Morgan fingerprint density at radius 3 is 3.00 bits per heavy atom. The molecule has 96 valence electrons. The summed E-state index contributed by atoms with van der Waals surface area (Å²) in [6.45, 7) is 4.75. The summed E-state index contributed by atoms with van der Waals surface area (Å²) in [5, 5.41) is 14.2. The van der Waals surface area contributed by atoms with Crippen LogP contribution in [0, 0.1) is 0 Å². The lowest BCUT2D eigenvalue weighted by Crippen LogP contribution is -2.36. The van der Waals surface area contributed by atoms with E-state index in [9.17, 15) is 5.11 Å². The normalized spacial score (nSPS) is 17.6. The minimum absolute atomic E-state index is 0.366. The molecule has 1 N–H and O–H groups in total. The predicted octanol–water partition coefficient (Wildman–Crippen LogP) is 2.11. The molecule has 17 heavy (non-hydrogen) atoms. The average Bonchev–Trinajstić information content (AvgIpc) is 3.05. The standard InChI is InChI=1S/C13H21NO2S/c1-2-16-9-13(15)8-14(12-3-4-12)7-11-5-6-17-10-11/h5-6,10,12-13,15H,2-4,7-9H2,1H3. The highest BCUT2D eigenvalue weighted by Crippen LogP contribution is 2.28. The van der Waals surface area contributed by atoms with Gasteiger partial charge in [-0.15, -0.1) is 0 Å². The van der Waals surface area contributed by atoms with Crippen LogP contribution in [0.15, 0.2) is 16.8 Å². The first kappa shape index (κ1) is 13.0. The molecular weight excluding hydrogens is 234 g/mol. The van der Waals surface area contributed by atoms with Crippen molar-refractivity contribution in [2.75, 3.05) is 19.8 Å². The van der Waals surface area contributed by atoms with Crippen LogP contribution >= 0.6 is 11.3 Å². The molecule has 1 aromatic heterocycles. The third kappa shape index (κ3) is 4.39. The van der Waals surface area contributed by atoms with Crippen LogP contribution in [0.5, 0.6) is 0 Å². The maximum absolute atomic E-state index is 9.89. The summed E-state index contributed by atoms with van der Waals surface area (Å²) in [7, 11) is 0. The van der Waals surface area contributed by atoms with Crippen LogP contribution < -0.4 is 0 Å². The number of hydrogen-bond donors (Lipinski definition) is 1. The Morgan fingerprint density at radius 1 is 1.59 bits per heavy atom. The van der Waals surface area contributed by atoms with Gasteiger partial charge in [-0.3, -0.25) is 4.90 Å². The van der Waals surface area contributed by atoms with Crippen LogP contribution in [0.4, 0.5) is 0 Å². The quantitative estimate of drug-likeness (QED) is 0.772. The maximum Gasteiger partial charge on any atom is 0.0900 e. The first-order valence-corrected chi connectivity index (χ1v) is 7.24. The first-order chi connectivity index (χ1) is 8.29. The maximum atomic E-state index is 9.89. The van der Waals surface area contributed by atoms with Crippen molar-refractivity contribution in [2.45, 2.75) is 38.5 Å². The zero-order valence-corrected chi connectivity index (χ0v) is 11.2. The number of ether oxygens (including phenoxy) is 1. The summed E-state index contributed by atoms with van der Waals surface area (Å²) >= 11 is 1.73. The molecule has 0 saturated heterocycles. The van der Waals surface area contributed by atoms with Crippen LogP contribution in [0.2, 0.25) is 0 Å². The lowest BCUT2D eigenvalue weighted by Gasteiger charge is -2.24. The zero-order valence-electron chi connectivity index (χ0n) is 10.3. The van der Waals surface area contributed by atoms with Gasteiger partial charge in [-0.25, -0.2) is 0 Å². The van der Waals surface area contributed by atoms with E-state index in [-0.39, 0.29) is 6.10 Å². The van der Waals surface area contributed by atoms with Crippen LogP contribution in [0.3, 0.4) is 0 Å². The Balaban J connectivity index is 1.80. The van der Waals surface area contributed by atoms with Gasteiger partial charge in [-0.2, -0.15) is 11.3 Å². The molecule has 1 heterocycles. The van der Waals surface area contributed by atoms with E-state index in [1.165, 1.54) is 18.4 Å². The molecule has 0 aromatic carbocycles. The van der Waals surface area contributed by atoms with Crippen molar-refractivity contribution < 1.29 is 9.84 Å². The third-order valence-electron chi connectivity index (χ3n) is 2.99. The van der Waals surface area contributed by atoms with Crippen molar-refractivity contribution in [1.82, 2.24) is 4.90 Å². The molecule has 1 atom stereocenters. The van der Waals surface area contributed by atoms with E-state index >= 15 is 0 Å². The summed E-state index contributed by atoms with van der Waals surface area (Å²) in [5.74, 6) is 0. The predicted molar refractivity (Wildman–Crippen MR) is 70.3 cm³/mol. The summed E-state index contributed by atoms with van der Waals surface area (Å²) in [5.41, 5.74) is 1.35. The number of rotatable bonds is 8. The van der Waals surface area contributed by atoms with Gasteiger partial charge in [-0.05, 0) is 42.2 Å². The fourth-order valence-electron chi connectivity index (χ4n) is 1.98. The van der Waals surface area contributed by atoms with Gasteiger partial charge in [0.05, 0.1) is 12.7 Å². The molecule has 0 amide bonds. The van der Waals surface area contributed by atoms with Crippen LogP contribution in [0.25, 0.3) is 0 Å². The molecule has 0 bridgehead atoms. The van der Waals surface area contributed by atoms with Gasteiger partial charge < -0.3 is 9.84 Å². The molecule has 4 heteroatoms. The molecule has 1 aliphatic rings. The number of aliphatic hydroxyl groups is 1. The van der Waals surface area contributed by atoms with E-state index in [4.69, 9.17) is 4.74 Å². The molecule has 1 saturated carbocycles. The van der Waals surface area contributed by atoms with E-state index in [0.29, 0.717) is 19.3 Å². The molecule has 0 radical (unpaired) electrons. The number of nitrogens with zero attached hydrogens (tertiary/aromatic N) is 1. The van der Waals surface area contributed by atoms with Gasteiger partial charge in [0.25, 0.3) is 0 Å². The number of aliphatic hydroxyl groups excluding tert-OH is 1. The van der Waals surface area contributed by atoms with Crippen molar-refractivity contribution in [3.8, 4) is 0 Å². The minimum Gasteiger partial charge on any atom is -0.389 e. The van der Waals surface area contributed by atoms with Crippen molar-refractivity contribution in [2.24, 2.45) is 0 Å². The average molecular weight is 255 g/mol. The molecule has 2 rings (SSSR count). The second-order valence-electron chi connectivity index (χ2n) is 4.61. The molecule has 3 nitrogen and oxygen atoms in total. The molecule has 1 aromatic rings. The second kappa shape index (κ2) is 6.50. The lowest BCUT2D eigenvalue weighted by atomic mass is 10.2. The van der Waals surface area contributed by atoms with Crippen molar-refractivity contribution in [3.63, 3.8) is 0 Å². The number of hydrogen-bond acceptors (Lipinski definition) is 4. The summed E-state index contributed by atoms with van der Waals surface area (Å²) in [4.78, 5) is 2.38. The highest BCUT2D eigenvalue weighted by atomic mass is 32.1. The van der Waals surface area contributed by atoms with Crippen LogP contribution in [-0.2, 0) is 11.3 Å². The molecule has 0 spiro atoms. The Kier molecular flexibility index (Phi) is 4.98. The van der Waals surface area contributed by atoms with E-state index in [2.05, 4.69) is 21.7 Å². The second-order valence-corrected chi connectivity index (χ2v) is 5.39. The van der Waals surface area contributed by atoms with Gasteiger partial charge in [-0.1, -0.05) is 0 Å². The van der Waals surface area contributed by atoms with Crippen molar-refractivity contribution in [1.29, 1.82) is 0 Å². The lowest BCUT2D eigenvalue weighted by molar-refractivity contribution is 0.0179. The van der Waals surface area contributed by atoms with E-state index in [0.717, 1.165) is 13.1 Å². The van der Waals surface area contributed by atoms with Crippen LogP contribution in [-0.4, -0.2) is 41.9 Å². The Hall–Kier alpha value is -0.420. The fourth-order valence-corrected chi connectivity index (χ4v) is 2.64. The molecule has 1 unspecified atom stereocenters. The molecular formula is C13H21NO2S. The highest BCUT2D eigenvalue weighted by Gasteiger charge is 2.30.